The molecule has 0 aliphatic carbocycles. The van der Waals surface area contributed by atoms with Gasteiger partial charge in [0.05, 0.1) is 4.88 Å². The molecule has 0 saturated heterocycles. The second-order valence-electron chi connectivity index (χ2n) is 4.67. The van der Waals surface area contributed by atoms with Crippen LogP contribution in [0.1, 0.15) is 27.4 Å². The molecule has 0 spiro atoms. The molecule has 0 aliphatic rings. The normalized spacial score (nSPS) is 9.88. The van der Waals surface area contributed by atoms with Crippen molar-refractivity contribution in [1.82, 2.24) is 0 Å². The first-order valence-corrected chi connectivity index (χ1v) is 9.74. The van der Waals surface area contributed by atoms with E-state index in [1.165, 1.54) is 16.2 Å². The highest BCUT2D eigenvalue weighted by Crippen LogP contribution is 2.04. The molecule has 2 rings (SSSR count). The average molecular weight is 385 g/mol. The van der Waals surface area contributed by atoms with Crippen molar-refractivity contribution in [3.8, 4) is 0 Å². The summed E-state index contributed by atoms with van der Waals surface area (Å²) in [6.07, 6.45) is 4.74. The van der Waals surface area contributed by atoms with Gasteiger partial charge >= 0.3 is 0 Å². The lowest BCUT2D eigenvalue weighted by atomic mass is 10.4. The Morgan fingerprint density at radius 3 is 2.04 bits per heavy atom. The fourth-order valence-corrected chi connectivity index (χ4v) is 2.54. The standard InChI is InChI=1S/C9H13NOS.C5H4OS.C4H11NO/c1-11-6-3-5-10-8-9-4-2-7-12-9;6-4-5-2-1-3-7-5;1-6-4-2-3-5/h2,4,7-8H,3,5-6H2,1H3;1-4H;2-5H2,1H3. The molecule has 0 aromatic carbocycles. The molecule has 0 atom stereocenters. The molecule has 2 N–H and O–H groups in total. The van der Waals surface area contributed by atoms with Crippen LogP contribution < -0.4 is 5.73 Å². The quantitative estimate of drug-likeness (QED) is 0.406. The van der Waals surface area contributed by atoms with Gasteiger partial charge in [0.15, 0.2) is 6.29 Å². The van der Waals surface area contributed by atoms with E-state index >= 15 is 0 Å². The fourth-order valence-electron chi connectivity index (χ4n) is 1.41. The zero-order valence-corrected chi connectivity index (χ0v) is 16.6. The van der Waals surface area contributed by atoms with Crippen LogP contribution in [0.3, 0.4) is 0 Å². The Balaban J connectivity index is 0.000000378. The first-order valence-electron chi connectivity index (χ1n) is 7.98. The van der Waals surface area contributed by atoms with E-state index in [1.54, 1.807) is 31.6 Å². The number of nitrogens with two attached hydrogens (primary N) is 1. The number of aldehydes is 1. The van der Waals surface area contributed by atoms with Gasteiger partial charge in [-0.1, -0.05) is 12.1 Å². The van der Waals surface area contributed by atoms with Crippen LogP contribution in [0.25, 0.3) is 0 Å². The third-order valence-electron chi connectivity index (χ3n) is 2.61. The van der Waals surface area contributed by atoms with E-state index in [1.807, 2.05) is 23.7 Å². The number of hydrogen-bond donors (Lipinski definition) is 1. The largest absolute Gasteiger partial charge is 0.385 e. The average Bonchev–Trinajstić information content (AvgIpc) is 3.34. The van der Waals surface area contributed by atoms with Crippen LogP contribution in [0.2, 0.25) is 0 Å². The lowest BCUT2D eigenvalue weighted by Gasteiger charge is -1.92. The third-order valence-corrected chi connectivity index (χ3v) is 4.21. The van der Waals surface area contributed by atoms with E-state index in [-0.39, 0.29) is 0 Å². The zero-order valence-electron chi connectivity index (χ0n) is 14.9. The van der Waals surface area contributed by atoms with Gasteiger partial charge in [0.2, 0.25) is 0 Å². The molecule has 7 heteroatoms. The Kier molecular flexibility index (Phi) is 17.9. The summed E-state index contributed by atoms with van der Waals surface area (Å²) in [6, 6.07) is 7.73. The Bertz CT molecular complexity index is 510. The maximum absolute atomic E-state index is 9.88. The number of aliphatic imine (C=N–C) groups is 1. The van der Waals surface area contributed by atoms with Gasteiger partial charge in [0.1, 0.15) is 0 Å². The highest BCUT2D eigenvalue weighted by Gasteiger charge is 1.86. The van der Waals surface area contributed by atoms with Crippen LogP contribution in [0.5, 0.6) is 0 Å². The minimum Gasteiger partial charge on any atom is -0.385 e. The van der Waals surface area contributed by atoms with Gasteiger partial charge in [0, 0.05) is 45.1 Å². The van der Waals surface area contributed by atoms with E-state index in [0.717, 1.165) is 50.3 Å². The van der Waals surface area contributed by atoms with Crippen LogP contribution in [-0.4, -0.2) is 53.0 Å². The van der Waals surface area contributed by atoms with Crippen molar-refractivity contribution in [3.63, 3.8) is 0 Å². The Morgan fingerprint density at radius 2 is 1.64 bits per heavy atom. The van der Waals surface area contributed by atoms with E-state index in [9.17, 15) is 4.79 Å². The second-order valence-corrected chi connectivity index (χ2v) is 6.62. The lowest BCUT2D eigenvalue weighted by molar-refractivity contribution is 0.112. The van der Waals surface area contributed by atoms with Gasteiger partial charge in [-0.2, -0.15) is 0 Å². The van der Waals surface area contributed by atoms with E-state index in [0.29, 0.717) is 0 Å². The number of hydrogen-bond acceptors (Lipinski definition) is 7. The second kappa shape index (κ2) is 19.0. The number of nitrogens with zero attached hydrogens (tertiary/aromatic N) is 1. The summed E-state index contributed by atoms with van der Waals surface area (Å²) >= 11 is 3.16. The van der Waals surface area contributed by atoms with Crippen molar-refractivity contribution < 1.29 is 14.3 Å². The van der Waals surface area contributed by atoms with Crippen LogP contribution in [0.4, 0.5) is 0 Å². The van der Waals surface area contributed by atoms with E-state index in [4.69, 9.17) is 15.2 Å². The summed E-state index contributed by atoms with van der Waals surface area (Å²) in [5.41, 5.74) is 5.13. The van der Waals surface area contributed by atoms with Crippen LogP contribution >= 0.6 is 22.7 Å². The Morgan fingerprint density at radius 1 is 1.04 bits per heavy atom. The molecular weight excluding hydrogens is 356 g/mol. The van der Waals surface area contributed by atoms with E-state index in [2.05, 4.69) is 16.4 Å². The van der Waals surface area contributed by atoms with Crippen molar-refractivity contribution in [1.29, 1.82) is 0 Å². The zero-order chi connectivity index (χ0) is 18.6. The number of rotatable bonds is 9. The molecule has 0 aliphatic heterocycles. The Hall–Kier alpha value is -1.38. The molecule has 0 unspecified atom stereocenters. The number of methoxy groups -OCH3 is 2. The third kappa shape index (κ3) is 15.9. The molecule has 0 fully saturated rings. The van der Waals surface area contributed by atoms with Crippen molar-refractivity contribution in [2.24, 2.45) is 10.7 Å². The molecule has 2 heterocycles. The van der Waals surface area contributed by atoms with E-state index < -0.39 is 0 Å². The molecule has 0 saturated carbocycles. The maximum Gasteiger partial charge on any atom is 0.159 e. The molecule has 0 amide bonds. The van der Waals surface area contributed by atoms with Crippen molar-refractivity contribution in [3.05, 3.63) is 44.8 Å². The summed E-state index contributed by atoms with van der Waals surface area (Å²) in [6.45, 7) is 3.16. The topological polar surface area (TPSA) is 73.9 Å². The van der Waals surface area contributed by atoms with Crippen LogP contribution in [0, 0.1) is 0 Å². The number of carbonyl (C=O) groups is 1. The molecular formula is C18H28N2O3S2. The van der Waals surface area contributed by atoms with Crippen LogP contribution in [-0.2, 0) is 9.47 Å². The molecule has 2 aromatic heterocycles. The summed E-state index contributed by atoms with van der Waals surface area (Å²) in [4.78, 5) is 16.1. The predicted molar refractivity (Wildman–Crippen MR) is 109 cm³/mol. The van der Waals surface area contributed by atoms with Gasteiger partial charge < -0.3 is 15.2 Å². The van der Waals surface area contributed by atoms with Crippen molar-refractivity contribution in [2.45, 2.75) is 12.8 Å². The SMILES string of the molecule is COCCCN.COCCCN=Cc1cccs1.O=Cc1cccs1. The first-order chi connectivity index (χ1) is 12.3. The van der Waals surface area contributed by atoms with Gasteiger partial charge in [-0.05, 0) is 42.3 Å². The molecule has 0 radical (unpaired) electrons. The summed E-state index contributed by atoms with van der Waals surface area (Å²) in [5, 5.41) is 3.93. The van der Waals surface area contributed by atoms with Gasteiger partial charge in [-0.3, -0.25) is 9.79 Å². The minimum absolute atomic E-state index is 0.730. The van der Waals surface area contributed by atoms with Gasteiger partial charge in [0.25, 0.3) is 0 Å². The summed E-state index contributed by atoms with van der Waals surface area (Å²) < 4.78 is 9.61. The highest BCUT2D eigenvalue weighted by atomic mass is 32.1. The predicted octanol–water partition coefficient (Wildman–Crippen LogP) is 3.75. The summed E-state index contributed by atoms with van der Waals surface area (Å²) in [5.74, 6) is 0. The lowest BCUT2D eigenvalue weighted by Crippen LogP contribution is -2.01. The van der Waals surface area contributed by atoms with Crippen molar-refractivity contribution in [2.75, 3.05) is 40.5 Å². The molecule has 25 heavy (non-hydrogen) atoms. The minimum atomic E-state index is 0.730. The first kappa shape index (κ1) is 23.6. The van der Waals surface area contributed by atoms with Gasteiger partial charge in [-0.15, -0.1) is 22.7 Å². The monoisotopic (exact) mass is 384 g/mol. The number of ether oxygens (including phenoxy) is 2. The van der Waals surface area contributed by atoms with Crippen LogP contribution in [0.15, 0.2) is 40.0 Å². The molecule has 0 bridgehead atoms. The molecule has 140 valence electrons. The van der Waals surface area contributed by atoms with Crippen molar-refractivity contribution >= 4 is 35.2 Å². The maximum atomic E-state index is 9.88. The smallest absolute Gasteiger partial charge is 0.159 e. The molecule has 2 aromatic rings. The van der Waals surface area contributed by atoms with Gasteiger partial charge in [-0.25, -0.2) is 0 Å². The Labute approximate surface area is 158 Å². The molecule has 5 nitrogen and oxygen atoms in total. The number of carbonyl (C=O) groups excluding carboxylic acids is 1. The summed E-state index contributed by atoms with van der Waals surface area (Å²) in [7, 11) is 3.39. The highest BCUT2D eigenvalue weighted by molar-refractivity contribution is 7.11. The number of thiophene rings is 2. The fraction of sp³-hybridized carbons (Fsp3) is 0.444.